The number of carbonyl (C=O) groups is 1. The second-order valence-corrected chi connectivity index (χ2v) is 5.68. The number of hydrogen-bond donors (Lipinski definition) is 1. The third-order valence-corrected chi connectivity index (χ3v) is 3.36. The first-order chi connectivity index (χ1) is 7.11. The fraction of sp³-hybridized carbons (Fsp3) is 0.909. The van der Waals surface area contributed by atoms with E-state index in [0.717, 1.165) is 6.54 Å². The summed E-state index contributed by atoms with van der Waals surface area (Å²) in [6.07, 6.45) is 3.95. The van der Waals surface area contributed by atoms with Crippen LogP contribution >= 0.6 is 15.9 Å². The average molecular weight is 277 g/mol. The van der Waals surface area contributed by atoms with Crippen molar-refractivity contribution < 1.29 is 4.79 Å². The van der Waals surface area contributed by atoms with Crippen LogP contribution in [0.3, 0.4) is 0 Å². The predicted octanol–water partition coefficient (Wildman–Crippen LogP) is 1.76. The summed E-state index contributed by atoms with van der Waals surface area (Å²) in [5.74, 6) is 0.0823. The van der Waals surface area contributed by atoms with E-state index in [4.69, 9.17) is 0 Å². The maximum atomic E-state index is 11.4. The van der Waals surface area contributed by atoms with Gasteiger partial charge in [-0.2, -0.15) is 0 Å². The molecule has 0 aromatic rings. The Labute approximate surface area is 101 Å². The molecule has 1 amide bonds. The quantitative estimate of drug-likeness (QED) is 0.794. The average Bonchev–Trinajstić information content (AvgIpc) is 2.26. The summed E-state index contributed by atoms with van der Waals surface area (Å²) in [4.78, 5) is 13.7. The second-order valence-electron chi connectivity index (χ2n) is 4.31. The minimum Gasteiger partial charge on any atom is -0.354 e. The Morgan fingerprint density at radius 3 is 2.47 bits per heavy atom. The number of halogens is 1. The van der Waals surface area contributed by atoms with E-state index in [-0.39, 0.29) is 10.7 Å². The Balaban J connectivity index is 2.22. The van der Waals surface area contributed by atoms with Crippen molar-refractivity contribution >= 4 is 21.8 Å². The molecule has 0 radical (unpaired) electrons. The molecule has 1 aliphatic rings. The van der Waals surface area contributed by atoms with Gasteiger partial charge < -0.3 is 5.32 Å². The number of likely N-dealkylation sites (tertiary alicyclic amines) is 1. The van der Waals surface area contributed by atoms with Gasteiger partial charge in [-0.1, -0.05) is 22.4 Å². The first-order valence-corrected chi connectivity index (χ1v) is 6.68. The van der Waals surface area contributed by atoms with Gasteiger partial charge in [-0.3, -0.25) is 9.69 Å². The van der Waals surface area contributed by atoms with Crippen LogP contribution in [0.4, 0.5) is 0 Å². The van der Waals surface area contributed by atoms with Gasteiger partial charge in [0, 0.05) is 12.6 Å². The Morgan fingerprint density at radius 2 is 1.93 bits per heavy atom. The van der Waals surface area contributed by atoms with E-state index in [1.807, 2.05) is 6.92 Å². The highest BCUT2D eigenvalue weighted by Gasteiger charge is 2.17. The van der Waals surface area contributed by atoms with Gasteiger partial charge in [0.25, 0.3) is 0 Å². The molecule has 3 nitrogen and oxygen atoms in total. The standard InChI is InChI=1S/C11H21BrN2O/c1-9(8-13-11(15)10(2)12)14-6-4-3-5-7-14/h9-10H,3-8H2,1-2H3,(H,13,15). The summed E-state index contributed by atoms with van der Waals surface area (Å²) in [5, 5.41) is 2.95. The van der Waals surface area contributed by atoms with Gasteiger partial charge in [-0.15, -0.1) is 0 Å². The van der Waals surface area contributed by atoms with Crippen molar-refractivity contribution in [2.45, 2.75) is 44.0 Å². The minimum absolute atomic E-state index is 0.0823. The van der Waals surface area contributed by atoms with Gasteiger partial charge in [0.05, 0.1) is 4.83 Å². The van der Waals surface area contributed by atoms with Gasteiger partial charge in [0.2, 0.25) is 5.91 Å². The monoisotopic (exact) mass is 276 g/mol. The number of piperidine rings is 1. The lowest BCUT2D eigenvalue weighted by molar-refractivity contribution is -0.120. The second kappa shape index (κ2) is 6.48. The van der Waals surface area contributed by atoms with Crippen LogP contribution < -0.4 is 5.32 Å². The van der Waals surface area contributed by atoms with E-state index in [0.29, 0.717) is 6.04 Å². The fourth-order valence-corrected chi connectivity index (χ4v) is 2.04. The van der Waals surface area contributed by atoms with Crippen molar-refractivity contribution in [3.63, 3.8) is 0 Å². The maximum Gasteiger partial charge on any atom is 0.233 e. The molecule has 1 fully saturated rings. The number of hydrogen-bond acceptors (Lipinski definition) is 2. The Hall–Kier alpha value is -0.0900. The normalized spacial score (nSPS) is 22.1. The maximum absolute atomic E-state index is 11.4. The van der Waals surface area contributed by atoms with Gasteiger partial charge in [-0.25, -0.2) is 0 Å². The zero-order valence-electron chi connectivity index (χ0n) is 9.63. The molecule has 1 N–H and O–H groups in total. The summed E-state index contributed by atoms with van der Waals surface area (Å²) in [7, 11) is 0. The van der Waals surface area contributed by atoms with Crippen molar-refractivity contribution in [1.82, 2.24) is 10.2 Å². The number of nitrogens with zero attached hydrogens (tertiary/aromatic N) is 1. The largest absolute Gasteiger partial charge is 0.354 e. The molecule has 0 aliphatic carbocycles. The number of carbonyl (C=O) groups excluding carboxylic acids is 1. The lowest BCUT2D eigenvalue weighted by atomic mass is 10.1. The van der Waals surface area contributed by atoms with Crippen LogP contribution in [0.5, 0.6) is 0 Å². The molecule has 1 rings (SSSR count). The third kappa shape index (κ3) is 4.51. The molecule has 0 spiro atoms. The smallest absolute Gasteiger partial charge is 0.233 e. The van der Waals surface area contributed by atoms with Crippen LogP contribution in [-0.2, 0) is 4.79 Å². The van der Waals surface area contributed by atoms with E-state index in [2.05, 4.69) is 33.1 Å². The highest BCUT2D eigenvalue weighted by atomic mass is 79.9. The summed E-state index contributed by atoms with van der Waals surface area (Å²) >= 11 is 3.26. The number of rotatable bonds is 4. The lowest BCUT2D eigenvalue weighted by Crippen LogP contribution is -2.45. The molecular weight excluding hydrogens is 256 g/mol. The molecule has 2 unspecified atom stereocenters. The molecule has 15 heavy (non-hydrogen) atoms. The zero-order valence-corrected chi connectivity index (χ0v) is 11.2. The highest BCUT2D eigenvalue weighted by molar-refractivity contribution is 9.10. The fourth-order valence-electron chi connectivity index (χ4n) is 1.88. The van der Waals surface area contributed by atoms with Crippen LogP contribution in [-0.4, -0.2) is 41.3 Å². The molecular formula is C11H21BrN2O. The van der Waals surface area contributed by atoms with E-state index in [9.17, 15) is 4.79 Å². The van der Waals surface area contributed by atoms with E-state index in [1.165, 1.54) is 32.4 Å². The molecule has 0 saturated carbocycles. The van der Waals surface area contributed by atoms with Gasteiger partial charge >= 0.3 is 0 Å². The molecule has 4 heteroatoms. The van der Waals surface area contributed by atoms with Crippen molar-refractivity contribution in [1.29, 1.82) is 0 Å². The highest BCUT2D eigenvalue weighted by Crippen LogP contribution is 2.11. The first-order valence-electron chi connectivity index (χ1n) is 5.77. The van der Waals surface area contributed by atoms with Crippen LogP contribution in [0, 0.1) is 0 Å². The first kappa shape index (κ1) is 13.0. The molecule has 1 heterocycles. The summed E-state index contributed by atoms with van der Waals surface area (Å²) in [6, 6.07) is 0.459. The number of alkyl halides is 1. The third-order valence-electron chi connectivity index (χ3n) is 2.95. The Bertz CT molecular complexity index is 203. The SMILES string of the molecule is CC(Br)C(=O)NCC(C)N1CCCCC1. The Kier molecular flexibility index (Phi) is 5.61. The molecule has 0 aromatic heterocycles. The van der Waals surface area contributed by atoms with Crippen LogP contribution in [0.2, 0.25) is 0 Å². The van der Waals surface area contributed by atoms with Crippen LogP contribution in [0.15, 0.2) is 0 Å². The number of nitrogens with one attached hydrogen (secondary N) is 1. The Morgan fingerprint density at radius 1 is 1.33 bits per heavy atom. The molecule has 1 aliphatic heterocycles. The van der Waals surface area contributed by atoms with Crippen molar-refractivity contribution in [3.05, 3.63) is 0 Å². The predicted molar refractivity (Wildman–Crippen MR) is 66.3 cm³/mol. The van der Waals surface area contributed by atoms with E-state index in [1.54, 1.807) is 0 Å². The van der Waals surface area contributed by atoms with Crippen LogP contribution in [0.1, 0.15) is 33.1 Å². The molecule has 2 atom stereocenters. The summed E-state index contributed by atoms with van der Waals surface area (Å²) in [6.45, 7) is 7.15. The zero-order chi connectivity index (χ0) is 11.3. The van der Waals surface area contributed by atoms with Crippen molar-refractivity contribution in [2.24, 2.45) is 0 Å². The van der Waals surface area contributed by atoms with Gasteiger partial charge in [0.15, 0.2) is 0 Å². The minimum atomic E-state index is -0.0916. The topological polar surface area (TPSA) is 32.3 Å². The van der Waals surface area contributed by atoms with Gasteiger partial charge in [0.1, 0.15) is 0 Å². The molecule has 0 bridgehead atoms. The van der Waals surface area contributed by atoms with E-state index < -0.39 is 0 Å². The summed E-state index contributed by atoms with van der Waals surface area (Å²) < 4.78 is 0. The number of amides is 1. The van der Waals surface area contributed by atoms with Crippen LogP contribution in [0.25, 0.3) is 0 Å². The van der Waals surface area contributed by atoms with Crippen molar-refractivity contribution in [2.75, 3.05) is 19.6 Å². The molecule has 0 aromatic carbocycles. The summed E-state index contributed by atoms with van der Waals surface area (Å²) in [5.41, 5.74) is 0. The van der Waals surface area contributed by atoms with Crippen molar-refractivity contribution in [3.8, 4) is 0 Å². The molecule has 1 saturated heterocycles. The lowest BCUT2D eigenvalue weighted by Gasteiger charge is -2.32. The van der Waals surface area contributed by atoms with Gasteiger partial charge in [-0.05, 0) is 39.8 Å². The van der Waals surface area contributed by atoms with E-state index >= 15 is 0 Å². The molecule has 88 valence electrons.